The highest BCUT2D eigenvalue weighted by Crippen LogP contribution is 2.31. The van der Waals surface area contributed by atoms with E-state index in [1.54, 1.807) is 0 Å². The van der Waals surface area contributed by atoms with Crippen LogP contribution in [0.5, 0.6) is 5.75 Å². The number of benzene rings is 1. The first kappa shape index (κ1) is 22.6. The predicted molar refractivity (Wildman–Crippen MR) is 99.9 cm³/mol. The van der Waals surface area contributed by atoms with Gasteiger partial charge in [-0.3, -0.25) is 4.84 Å². The van der Waals surface area contributed by atoms with Crippen LogP contribution in [0.15, 0.2) is 29.2 Å². The Morgan fingerprint density at radius 3 is 2.30 bits per heavy atom. The summed E-state index contributed by atoms with van der Waals surface area (Å²) in [6, 6.07) is 3.65. The van der Waals surface area contributed by atoms with Crippen LogP contribution in [0.25, 0.3) is 0 Å². The lowest BCUT2D eigenvalue weighted by atomic mass is 10.1. The Hall–Kier alpha value is -2.05. The summed E-state index contributed by atoms with van der Waals surface area (Å²) < 4.78 is 67.0. The second-order valence-corrected chi connectivity index (χ2v) is 9.27. The summed E-state index contributed by atoms with van der Waals surface area (Å²) in [4.78, 5) is 16.9. The van der Waals surface area contributed by atoms with Crippen LogP contribution in [-0.2, 0) is 14.9 Å². The molecule has 1 aliphatic heterocycles. The van der Waals surface area contributed by atoms with Gasteiger partial charge in [0.05, 0.1) is 11.0 Å². The molecule has 1 heterocycles. The molecule has 2 N–H and O–H groups in total. The van der Waals surface area contributed by atoms with Crippen LogP contribution in [0, 0.1) is 5.92 Å². The molecule has 1 aromatic rings. The molecule has 2 aliphatic rings. The number of piperidine rings is 1. The molecule has 0 unspecified atom stereocenters. The molecule has 2 amide bonds. The van der Waals surface area contributed by atoms with E-state index >= 15 is 0 Å². The summed E-state index contributed by atoms with van der Waals surface area (Å²) in [5.74, 6) is 0.223. The number of halogens is 3. The number of nitrogens with one attached hydrogen (secondary N) is 2. The number of carbonyl (C=O) groups is 1. The van der Waals surface area contributed by atoms with Crippen molar-refractivity contribution in [3.05, 3.63) is 24.3 Å². The molecule has 8 nitrogen and oxygen atoms in total. The van der Waals surface area contributed by atoms with Gasteiger partial charge in [0.2, 0.25) is 10.0 Å². The van der Waals surface area contributed by atoms with Crippen LogP contribution in [0.1, 0.15) is 32.1 Å². The van der Waals surface area contributed by atoms with Crippen molar-refractivity contribution in [2.45, 2.75) is 49.5 Å². The zero-order chi connectivity index (χ0) is 21.8. The molecule has 0 spiro atoms. The fraction of sp³-hybridized carbons (Fsp3) is 0.611. The third kappa shape index (κ3) is 6.74. The average molecular weight is 451 g/mol. The van der Waals surface area contributed by atoms with Gasteiger partial charge in [-0.25, -0.2) is 18.7 Å². The molecular formula is C18H24F3N3O5S. The summed E-state index contributed by atoms with van der Waals surface area (Å²) in [6.45, 7) is 0.918. The van der Waals surface area contributed by atoms with E-state index in [0.29, 0.717) is 25.3 Å². The number of alkyl halides is 3. The highest BCUT2D eigenvalue weighted by molar-refractivity contribution is 7.89. The van der Waals surface area contributed by atoms with Gasteiger partial charge < -0.3 is 10.1 Å². The van der Waals surface area contributed by atoms with Crippen molar-refractivity contribution >= 4 is 16.1 Å². The van der Waals surface area contributed by atoms with Crippen LogP contribution >= 0.6 is 0 Å². The summed E-state index contributed by atoms with van der Waals surface area (Å²) in [5, 5.41) is 2.70. The van der Waals surface area contributed by atoms with Crippen molar-refractivity contribution in [3.8, 4) is 5.75 Å². The van der Waals surface area contributed by atoms with Gasteiger partial charge in [0.1, 0.15) is 5.75 Å². The molecule has 1 aromatic carbocycles. The van der Waals surface area contributed by atoms with Crippen LogP contribution in [0.2, 0.25) is 0 Å². The van der Waals surface area contributed by atoms with Gasteiger partial charge in [-0.15, -0.1) is 13.2 Å². The molecule has 0 atom stereocenters. The predicted octanol–water partition coefficient (Wildman–Crippen LogP) is 2.77. The number of sulfonamides is 1. The van der Waals surface area contributed by atoms with Crippen molar-refractivity contribution in [2.75, 3.05) is 19.6 Å². The molecule has 1 saturated heterocycles. The van der Waals surface area contributed by atoms with Crippen LogP contribution in [0.3, 0.4) is 0 Å². The van der Waals surface area contributed by atoms with Crippen molar-refractivity contribution < 1.29 is 36.0 Å². The first-order chi connectivity index (χ1) is 14.1. The Kier molecular flexibility index (Phi) is 7.09. The SMILES string of the molecule is O=C(NCCC1CC1)NOC1CCN(S(=O)(=O)c2ccc(OC(F)(F)F)cc2)CC1. The minimum absolute atomic E-state index is 0.121. The topological polar surface area (TPSA) is 97.0 Å². The lowest BCUT2D eigenvalue weighted by Crippen LogP contribution is -2.44. The van der Waals surface area contributed by atoms with Gasteiger partial charge in [0.15, 0.2) is 0 Å². The number of urea groups is 1. The summed E-state index contributed by atoms with van der Waals surface area (Å²) in [5.41, 5.74) is 2.33. The van der Waals surface area contributed by atoms with Gasteiger partial charge in [-0.05, 0) is 49.4 Å². The van der Waals surface area contributed by atoms with Gasteiger partial charge in [-0.2, -0.15) is 4.31 Å². The molecule has 30 heavy (non-hydrogen) atoms. The van der Waals surface area contributed by atoms with E-state index in [2.05, 4.69) is 15.5 Å². The number of nitrogens with zero attached hydrogens (tertiary/aromatic N) is 1. The molecule has 1 saturated carbocycles. The summed E-state index contributed by atoms with van der Waals surface area (Å²) in [6.07, 6.45) is -1.04. The number of hydrogen-bond acceptors (Lipinski definition) is 5. The zero-order valence-corrected chi connectivity index (χ0v) is 17.0. The largest absolute Gasteiger partial charge is 0.573 e. The van der Waals surface area contributed by atoms with Crippen molar-refractivity contribution in [3.63, 3.8) is 0 Å². The van der Waals surface area contributed by atoms with E-state index in [4.69, 9.17) is 4.84 Å². The monoisotopic (exact) mass is 451 g/mol. The molecule has 0 radical (unpaired) electrons. The molecule has 2 fully saturated rings. The zero-order valence-electron chi connectivity index (χ0n) is 16.2. The van der Waals surface area contributed by atoms with Crippen LogP contribution in [-0.4, -0.2) is 50.9 Å². The number of ether oxygens (including phenoxy) is 1. The summed E-state index contributed by atoms with van der Waals surface area (Å²) >= 11 is 0. The Morgan fingerprint density at radius 2 is 1.73 bits per heavy atom. The molecule has 0 aromatic heterocycles. The highest BCUT2D eigenvalue weighted by Gasteiger charge is 2.32. The standard InChI is InChI=1S/C18H24F3N3O5S/c19-18(20,21)28-14-3-5-16(6-4-14)30(26,27)24-11-8-15(9-12-24)29-23-17(25)22-10-7-13-1-2-13/h3-6,13,15H,1-2,7-12H2,(H2,22,23,25). The van der Waals surface area contributed by atoms with Crippen LogP contribution in [0.4, 0.5) is 18.0 Å². The Labute approximate surface area is 172 Å². The molecule has 0 bridgehead atoms. The smallest absolute Gasteiger partial charge is 0.406 e. The Balaban J connectivity index is 1.43. The summed E-state index contributed by atoms with van der Waals surface area (Å²) in [7, 11) is -3.85. The van der Waals surface area contributed by atoms with Gasteiger partial charge in [-0.1, -0.05) is 12.8 Å². The third-order valence-electron chi connectivity index (χ3n) is 4.95. The quantitative estimate of drug-likeness (QED) is 0.593. The fourth-order valence-corrected chi connectivity index (χ4v) is 4.59. The minimum Gasteiger partial charge on any atom is -0.406 e. The van der Waals surface area contributed by atoms with Gasteiger partial charge >= 0.3 is 12.4 Å². The maximum Gasteiger partial charge on any atom is 0.573 e. The second-order valence-electron chi connectivity index (χ2n) is 7.33. The fourth-order valence-electron chi connectivity index (χ4n) is 3.12. The number of rotatable bonds is 8. The Bertz CT molecular complexity index is 820. The number of carbonyl (C=O) groups excluding carboxylic acids is 1. The lowest BCUT2D eigenvalue weighted by Gasteiger charge is -2.30. The molecule has 12 heteroatoms. The van der Waals surface area contributed by atoms with E-state index in [9.17, 15) is 26.4 Å². The van der Waals surface area contributed by atoms with E-state index in [0.717, 1.165) is 30.7 Å². The normalized spacial score (nSPS) is 18.8. The van der Waals surface area contributed by atoms with E-state index in [1.807, 2.05) is 0 Å². The maximum atomic E-state index is 12.7. The number of hydroxylamine groups is 1. The van der Waals surface area contributed by atoms with E-state index < -0.39 is 28.2 Å². The highest BCUT2D eigenvalue weighted by atomic mass is 32.2. The Morgan fingerprint density at radius 1 is 1.10 bits per heavy atom. The third-order valence-corrected chi connectivity index (χ3v) is 6.86. The average Bonchev–Trinajstić information content (AvgIpc) is 3.50. The lowest BCUT2D eigenvalue weighted by molar-refractivity contribution is -0.274. The molecule has 3 rings (SSSR count). The number of amides is 2. The van der Waals surface area contributed by atoms with Crippen molar-refractivity contribution in [1.82, 2.24) is 15.1 Å². The number of hydrogen-bond donors (Lipinski definition) is 2. The first-order valence-corrected chi connectivity index (χ1v) is 11.1. The minimum atomic E-state index is -4.84. The molecular weight excluding hydrogens is 427 g/mol. The van der Waals surface area contributed by atoms with Crippen molar-refractivity contribution in [2.24, 2.45) is 5.92 Å². The van der Waals surface area contributed by atoms with Crippen LogP contribution < -0.4 is 15.5 Å². The van der Waals surface area contributed by atoms with Gasteiger partial charge in [0, 0.05) is 19.6 Å². The van der Waals surface area contributed by atoms with Gasteiger partial charge in [0.25, 0.3) is 0 Å². The van der Waals surface area contributed by atoms with E-state index in [1.165, 1.54) is 17.1 Å². The molecule has 168 valence electrons. The van der Waals surface area contributed by atoms with Crippen molar-refractivity contribution in [1.29, 1.82) is 0 Å². The first-order valence-electron chi connectivity index (χ1n) is 9.69. The second kappa shape index (κ2) is 9.40. The maximum absolute atomic E-state index is 12.7. The molecule has 1 aliphatic carbocycles. The van der Waals surface area contributed by atoms with E-state index in [-0.39, 0.29) is 24.1 Å².